The number of carbonyl (C=O) groups is 1. The molecule has 10 heteroatoms. The maximum absolute atomic E-state index is 13.3. The minimum Gasteiger partial charge on any atom is -0.495 e. The van der Waals surface area contributed by atoms with Crippen LogP contribution < -0.4 is 14.4 Å². The van der Waals surface area contributed by atoms with Crippen molar-refractivity contribution in [3.8, 4) is 5.75 Å². The third-order valence-electron chi connectivity index (χ3n) is 4.25. The second-order valence-corrected chi connectivity index (χ2v) is 9.85. The Hall–Kier alpha value is -2.26. The van der Waals surface area contributed by atoms with Gasteiger partial charge in [-0.3, -0.25) is 9.10 Å². The Morgan fingerprint density at radius 2 is 1.74 bits per heavy atom. The molecule has 0 bridgehead atoms. The second kappa shape index (κ2) is 9.91. The van der Waals surface area contributed by atoms with Gasteiger partial charge in [-0.2, -0.15) is 0 Å². The van der Waals surface area contributed by atoms with Crippen molar-refractivity contribution in [2.75, 3.05) is 23.3 Å². The first-order valence-electron chi connectivity index (χ1n) is 8.88. The number of benzene rings is 3. The number of hydrogen-bond donors (Lipinski definition) is 1. The molecule has 1 amide bonds. The molecule has 31 heavy (non-hydrogen) atoms. The highest BCUT2D eigenvalue weighted by Gasteiger charge is 2.27. The van der Waals surface area contributed by atoms with E-state index in [1.165, 1.54) is 37.4 Å². The topological polar surface area (TPSA) is 75.7 Å². The number of nitrogens with zero attached hydrogens (tertiary/aromatic N) is 1. The van der Waals surface area contributed by atoms with Crippen LogP contribution in [0.2, 0.25) is 10.0 Å². The Morgan fingerprint density at radius 1 is 1.03 bits per heavy atom. The van der Waals surface area contributed by atoms with E-state index in [4.69, 9.17) is 27.9 Å². The lowest BCUT2D eigenvalue weighted by Crippen LogP contribution is -2.38. The standard InChI is InChI=1S/C21H17BrCl2N2O4S/c1-30-20-10-8-15(12-19(20)24)26(31(28,29)16-5-3-2-4-6-16)13-21(27)25-14-7-9-17(22)18(23)11-14/h2-12H,13H2,1H3,(H,25,27). The van der Waals surface area contributed by atoms with Crippen LogP contribution in [0.1, 0.15) is 0 Å². The molecule has 0 aromatic heterocycles. The first-order valence-corrected chi connectivity index (χ1v) is 11.9. The van der Waals surface area contributed by atoms with Gasteiger partial charge in [-0.25, -0.2) is 8.42 Å². The predicted molar refractivity (Wildman–Crippen MR) is 127 cm³/mol. The van der Waals surface area contributed by atoms with E-state index in [2.05, 4.69) is 21.2 Å². The summed E-state index contributed by atoms with van der Waals surface area (Å²) in [6.45, 7) is -0.479. The van der Waals surface area contributed by atoms with Crippen molar-refractivity contribution in [3.05, 3.63) is 81.2 Å². The Kier molecular flexibility index (Phi) is 7.48. The molecule has 0 aliphatic heterocycles. The van der Waals surface area contributed by atoms with Crippen LogP contribution >= 0.6 is 39.1 Å². The van der Waals surface area contributed by atoms with Crippen molar-refractivity contribution in [2.45, 2.75) is 4.90 Å². The molecule has 0 unspecified atom stereocenters. The van der Waals surface area contributed by atoms with Crippen LogP contribution in [0.3, 0.4) is 0 Å². The van der Waals surface area contributed by atoms with Gasteiger partial charge < -0.3 is 10.1 Å². The minimum absolute atomic E-state index is 0.0430. The molecule has 3 aromatic rings. The third-order valence-corrected chi connectivity index (χ3v) is 7.56. The van der Waals surface area contributed by atoms with Gasteiger partial charge in [0.1, 0.15) is 12.3 Å². The number of anilines is 2. The molecule has 0 heterocycles. The summed E-state index contributed by atoms with van der Waals surface area (Å²) in [5.41, 5.74) is 0.654. The normalized spacial score (nSPS) is 11.1. The number of rotatable bonds is 7. The highest BCUT2D eigenvalue weighted by Crippen LogP contribution is 2.32. The first-order chi connectivity index (χ1) is 14.7. The molecular weight excluding hydrogens is 527 g/mol. The third kappa shape index (κ3) is 5.51. The zero-order valence-corrected chi connectivity index (χ0v) is 20.1. The van der Waals surface area contributed by atoms with Crippen molar-refractivity contribution in [3.63, 3.8) is 0 Å². The quantitative estimate of drug-likeness (QED) is 0.421. The molecule has 0 saturated heterocycles. The van der Waals surface area contributed by atoms with E-state index in [0.717, 1.165) is 4.31 Å². The molecule has 0 saturated carbocycles. The van der Waals surface area contributed by atoms with Crippen molar-refractivity contribution < 1.29 is 17.9 Å². The summed E-state index contributed by atoms with van der Waals surface area (Å²) in [5, 5.41) is 3.29. The molecule has 0 atom stereocenters. The van der Waals surface area contributed by atoms with Gasteiger partial charge in [0.25, 0.3) is 10.0 Å². The Morgan fingerprint density at radius 3 is 2.35 bits per heavy atom. The van der Waals surface area contributed by atoms with Crippen LogP contribution in [0, 0.1) is 0 Å². The fourth-order valence-electron chi connectivity index (χ4n) is 2.75. The number of amides is 1. The molecule has 162 valence electrons. The largest absolute Gasteiger partial charge is 0.495 e. The summed E-state index contributed by atoms with van der Waals surface area (Å²) >= 11 is 15.6. The van der Waals surface area contributed by atoms with Gasteiger partial charge in [-0.05, 0) is 64.5 Å². The van der Waals surface area contributed by atoms with E-state index < -0.39 is 22.5 Å². The zero-order chi connectivity index (χ0) is 22.6. The van der Waals surface area contributed by atoms with Crippen LogP contribution in [0.15, 0.2) is 76.1 Å². The number of ether oxygens (including phenoxy) is 1. The molecule has 0 spiro atoms. The van der Waals surface area contributed by atoms with Gasteiger partial charge in [0.2, 0.25) is 5.91 Å². The van der Waals surface area contributed by atoms with Crippen LogP contribution in [0.4, 0.5) is 11.4 Å². The summed E-state index contributed by atoms with van der Waals surface area (Å²) in [6, 6.07) is 17.2. The molecule has 0 aliphatic rings. The van der Waals surface area contributed by atoms with Crippen LogP contribution in [0.25, 0.3) is 0 Å². The molecule has 0 radical (unpaired) electrons. The summed E-state index contributed by atoms with van der Waals surface area (Å²) < 4.78 is 33.5. The predicted octanol–water partition coefficient (Wildman–Crippen LogP) is 5.60. The van der Waals surface area contributed by atoms with E-state index in [0.29, 0.717) is 20.9 Å². The minimum atomic E-state index is -4.05. The Labute approximate surface area is 198 Å². The van der Waals surface area contributed by atoms with E-state index in [1.807, 2.05) is 0 Å². The van der Waals surface area contributed by atoms with Gasteiger partial charge in [-0.1, -0.05) is 41.4 Å². The lowest BCUT2D eigenvalue weighted by molar-refractivity contribution is -0.114. The number of carbonyl (C=O) groups excluding carboxylic acids is 1. The Balaban J connectivity index is 1.96. The van der Waals surface area contributed by atoms with Crippen molar-refractivity contribution >= 4 is 66.4 Å². The first kappa shape index (κ1) is 23.4. The smallest absolute Gasteiger partial charge is 0.264 e. The average Bonchev–Trinajstić information content (AvgIpc) is 2.75. The highest BCUT2D eigenvalue weighted by molar-refractivity contribution is 9.10. The van der Waals surface area contributed by atoms with Crippen molar-refractivity contribution in [1.29, 1.82) is 0 Å². The van der Waals surface area contributed by atoms with Gasteiger partial charge in [0, 0.05) is 10.2 Å². The Bertz CT molecular complexity index is 1210. The van der Waals surface area contributed by atoms with Gasteiger partial charge in [0.05, 0.1) is 27.7 Å². The summed E-state index contributed by atoms with van der Waals surface area (Å²) in [5.74, 6) is -0.165. The fourth-order valence-corrected chi connectivity index (χ4v) is 4.86. The molecule has 6 nitrogen and oxygen atoms in total. The number of halogens is 3. The summed E-state index contributed by atoms with van der Waals surface area (Å²) in [7, 11) is -2.60. The number of sulfonamides is 1. The van der Waals surface area contributed by atoms with Crippen molar-refractivity contribution in [1.82, 2.24) is 0 Å². The SMILES string of the molecule is COc1ccc(N(CC(=O)Nc2ccc(Br)c(Cl)c2)S(=O)(=O)c2ccccc2)cc1Cl. The summed E-state index contributed by atoms with van der Waals surface area (Å²) in [6.07, 6.45) is 0. The van der Waals surface area contributed by atoms with Crippen LogP contribution in [-0.2, 0) is 14.8 Å². The molecule has 3 rings (SSSR count). The fraction of sp³-hybridized carbons (Fsp3) is 0.0952. The highest BCUT2D eigenvalue weighted by atomic mass is 79.9. The van der Waals surface area contributed by atoms with Crippen LogP contribution in [0.5, 0.6) is 5.75 Å². The molecule has 0 fully saturated rings. The molecule has 0 aliphatic carbocycles. The van der Waals surface area contributed by atoms with E-state index >= 15 is 0 Å². The lowest BCUT2D eigenvalue weighted by atomic mass is 10.3. The zero-order valence-electron chi connectivity index (χ0n) is 16.2. The monoisotopic (exact) mass is 542 g/mol. The van der Waals surface area contributed by atoms with Crippen molar-refractivity contribution in [2.24, 2.45) is 0 Å². The van der Waals surface area contributed by atoms with Gasteiger partial charge in [0.15, 0.2) is 0 Å². The van der Waals surface area contributed by atoms with E-state index in [1.54, 1.807) is 36.4 Å². The number of nitrogens with one attached hydrogen (secondary N) is 1. The molecular formula is C21H17BrCl2N2O4S. The van der Waals surface area contributed by atoms with Crippen LogP contribution in [-0.4, -0.2) is 28.0 Å². The maximum Gasteiger partial charge on any atom is 0.264 e. The lowest BCUT2D eigenvalue weighted by Gasteiger charge is -2.24. The maximum atomic E-state index is 13.3. The number of methoxy groups -OCH3 is 1. The molecule has 1 N–H and O–H groups in total. The molecule has 3 aromatic carbocycles. The average molecular weight is 544 g/mol. The van der Waals surface area contributed by atoms with E-state index in [9.17, 15) is 13.2 Å². The van der Waals surface area contributed by atoms with Gasteiger partial charge in [-0.15, -0.1) is 0 Å². The summed E-state index contributed by atoms with van der Waals surface area (Å²) in [4.78, 5) is 12.8. The van der Waals surface area contributed by atoms with Gasteiger partial charge >= 0.3 is 0 Å². The second-order valence-electron chi connectivity index (χ2n) is 6.32. The number of hydrogen-bond acceptors (Lipinski definition) is 4. The van der Waals surface area contributed by atoms with E-state index in [-0.39, 0.29) is 15.6 Å².